The Labute approximate surface area is 161 Å². The summed E-state index contributed by atoms with van der Waals surface area (Å²) >= 11 is 4.72. The van der Waals surface area contributed by atoms with Crippen molar-refractivity contribution in [3.8, 4) is 0 Å². The number of hydrogen-bond acceptors (Lipinski definition) is 3. The van der Waals surface area contributed by atoms with Gasteiger partial charge in [0.1, 0.15) is 0 Å². The summed E-state index contributed by atoms with van der Waals surface area (Å²) in [5, 5.41) is 2.83. The molecule has 132 valence electrons. The average molecular weight is 421 g/mol. The molecule has 6 heteroatoms. The van der Waals surface area contributed by atoms with E-state index in [0.29, 0.717) is 6.54 Å². The number of nitrogens with one attached hydrogen (secondary N) is 1. The fourth-order valence-corrected chi connectivity index (χ4v) is 3.15. The molecule has 25 heavy (non-hydrogen) atoms. The fourth-order valence-electron chi connectivity index (χ4n) is 2.13. The van der Waals surface area contributed by atoms with E-state index in [1.165, 1.54) is 11.8 Å². The van der Waals surface area contributed by atoms with E-state index in [9.17, 15) is 9.59 Å². The van der Waals surface area contributed by atoms with Crippen LogP contribution in [0.3, 0.4) is 0 Å². The van der Waals surface area contributed by atoms with E-state index < -0.39 is 0 Å². The molecule has 0 aliphatic rings. The summed E-state index contributed by atoms with van der Waals surface area (Å²) < 4.78 is 1.01. The zero-order valence-electron chi connectivity index (χ0n) is 14.3. The van der Waals surface area contributed by atoms with Crippen LogP contribution in [0.1, 0.15) is 11.1 Å². The van der Waals surface area contributed by atoms with Crippen LogP contribution in [0.25, 0.3) is 0 Å². The van der Waals surface area contributed by atoms with Crippen LogP contribution in [-0.2, 0) is 16.1 Å². The van der Waals surface area contributed by atoms with Crippen molar-refractivity contribution < 1.29 is 9.59 Å². The van der Waals surface area contributed by atoms with Crippen LogP contribution in [0.15, 0.2) is 53.0 Å². The van der Waals surface area contributed by atoms with Gasteiger partial charge in [0.15, 0.2) is 0 Å². The van der Waals surface area contributed by atoms with E-state index in [1.54, 1.807) is 11.9 Å². The maximum absolute atomic E-state index is 12.2. The Kier molecular flexibility index (Phi) is 7.52. The second-order valence-electron chi connectivity index (χ2n) is 5.78. The molecule has 2 aromatic rings. The Bertz CT molecular complexity index is 717. The number of halogens is 1. The molecule has 0 aliphatic heterocycles. The van der Waals surface area contributed by atoms with Gasteiger partial charge in [0, 0.05) is 23.8 Å². The Morgan fingerprint density at radius 3 is 2.32 bits per heavy atom. The van der Waals surface area contributed by atoms with Crippen LogP contribution in [0, 0.1) is 6.92 Å². The number of aryl methyl sites for hydroxylation is 1. The summed E-state index contributed by atoms with van der Waals surface area (Å²) in [7, 11) is 1.78. The maximum Gasteiger partial charge on any atom is 0.234 e. The normalized spacial score (nSPS) is 10.4. The first-order chi connectivity index (χ1) is 11.9. The third kappa shape index (κ3) is 6.92. The third-order valence-corrected chi connectivity index (χ3v) is 5.00. The monoisotopic (exact) mass is 420 g/mol. The molecule has 0 atom stereocenters. The summed E-state index contributed by atoms with van der Waals surface area (Å²) in [6.45, 7) is 2.56. The lowest BCUT2D eigenvalue weighted by Gasteiger charge is -2.17. The largest absolute Gasteiger partial charge is 0.341 e. The quantitative estimate of drug-likeness (QED) is 0.733. The molecular formula is C19H21BrN2O2S. The first-order valence-electron chi connectivity index (χ1n) is 7.87. The van der Waals surface area contributed by atoms with Crippen molar-refractivity contribution in [1.29, 1.82) is 0 Å². The topological polar surface area (TPSA) is 49.4 Å². The number of rotatable bonds is 7. The Morgan fingerprint density at radius 2 is 1.68 bits per heavy atom. The minimum absolute atomic E-state index is 0.0102. The van der Waals surface area contributed by atoms with Crippen molar-refractivity contribution in [2.75, 3.05) is 23.9 Å². The predicted octanol–water partition coefficient (Wildman–Crippen LogP) is 4.09. The molecule has 4 nitrogen and oxygen atoms in total. The number of carbonyl (C=O) groups excluding carboxylic acids is 2. The summed E-state index contributed by atoms with van der Waals surface area (Å²) in [4.78, 5) is 25.7. The van der Waals surface area contributed by atoms with E-state index in [-0.39, 0.29) is 23.3 Å². The van der Waals surface area contributed by atoms with Crippen molar-refractivity contribution in [3.05, 3.63) is 64.1 Å². The molecule has 0 heterocycles. The second-order valence-corrected chi connectivity index (χ2v) is 7.68. The van der Waals surface area contributed by atoms with E-state index in [1.807, 2.05) is 55.5 Å². The van der Waals surface area contributed by atoms with Gasteiger partial charge in [-0.1, -0.05) is 45.8 Å². The summed E-state index contributed by atoms with van der Waals surface area (Å²) in [6.07, 6.45) is 0. The minimum Gasteiger partial charge on any atom is -0.341 e. The van der Waals surface area contributed by atoms with Gasteiger partial charge in [0.25, 0.3) is 0 Å². The Morgan fingerprint density at radius 1 is 1.04 bits per heavy atom. The second kappa shape index (κ2) is 9.63. The zero-order chi connectivity index (χ0) is 18.2. The fraction of sp³-hybridized carbons (Fsp3) is 0.263. The van der Waals surface area contributed by atoms with Gasteiger partial charge in [-0.3, -0.25) is 9.59 Å². The lowest BCUT2D eigenvalue weighted by molar-refractivity contribution is -0.127. The number of carbonyl (C=O) groups is 2. The van der Waals surface area contributed by atoms with E-state index in [2.05, 4.69) is 21.2 Å². The van der Waals surface area contributed by atoms with Crippen molar-refractivity contribution >= 4 is 45.2 Å². The van der Waals surface area contributed by atoms with Crippen LogP contribution in [0.5, 0.6) is 0 Å². The number of thioether (sulfide) groups is 1. The smallest absolute Gasteiger partial charge is 0.234 e. The van der Waals surface area contributed by atoms with Gasteiger partial charge < -0.3 is 10.2 Å². The number of benzene rings is 2. The van der Waals surface area contributed by atoms with Crippen molar-refractivity contribution in [2.24, 2.45) is 0 Å². The van der Waals surface area contributed by atoms with Crippen molar-refractivity contribution in [3.63, 3.8) is 0 Å². The number of anilines is 1. The van der Waals surface area contributed by atoms with Gasteiger partial charge in [-0.15, -0.1) is 11.8 Å². The number of amides is 2. The molecule has 2 aromatic carbocycles. The first kappa shape index (κ1) is 19.5. The maximum atomic E-state index is 12.2. The predicted molar refractivity (Wildman–Crippen MR) is 108 cm³/mol. The summed E-state index contributed by atoms with van der Waals surface area (Å²) in [5.41, 5.74) is 2.99. The molecule has 0 aromatic heterocycles. The van der Waals surface area contributed by atoms with Gasteiger partial charge in [-0.2, -0.15) is 0 Å². The molecule has 0 saturated carbocycles. The molecule has 0 fully saturated rings. The highest BCUT2D eigenvalue weighted by Gasteiger charge is 2.11. The van der Waals surface area contributed by atoms with Crippen molar-refractivity contribution in [2.45, 2.75) is 13.5 Å². The number of hydrogen-bond donors (Lipinski definition) is 1. The van der Waals surface area contributed by atoms with Crippen LogP contribution in [-0.4, -0.2) is 35.3 Å². The minimum atomic E-state index is -0.0998. The van der Waals surface area contributed by atoms with Gasteiger partial charge in [0.05, 0.1) is 11.5 Å². The molecule has 0 bridgehead atoms. The Hall–Kier alpha value is -1.79. The van der Waals surface area contributed by atoms with Crippen LogP contribution in [0.4, 0.5) is 5.69 Å². The SMILES string of the molecule is Cc1ccc(NC(=O)CSCC(=O)N(C)Cc2ccc(Br)cc2)cc1. The summed E-state index contributed by atoms with van der Waals surface area (Å²) in [5.74, 6) is 0.452. The molecular weight excluding hydrogens is 400 g/mol. The van der Waals surface area contributed by atoms with Gasteiger partial charge >= 0.3 is 0 Å². The molecule has 0 spiro atoms. The average Bonchev–Trinajstić information content (AvgIpc) is 2.59. The van der Waals surface area contributed by atoms with Crippen molar-refractivity contribution in [1.82, 2.24) is 4.90 Å². The summed E-state index contributed by atoms with van der Waals surface area (Å²) in [6, 6.07) is 15.5. The van der Waals surface area contributed by atoms with Gasteiger partial charge in [-0.05, 0) is 36.8 Å². The van der Waals surface area contributed by atoms with Crippen LogP contribution < -0.4 is 5.32 Å². The molecule has 2 rings (SSSR count). The highest BCUT2D eigenvalue weighted by molar-refractivity contribution is 9.10. The molecule has 0 unspecified atom stereocenters. The van der Waals surface area contributed by atoms with E-state index >= 15 is 0 Å². The molecule has 1 N–H and O–H groups in total. The molecule has 2 amide bonds. The highest BCUT2D eigenvalue weighted by atomic mass is 79.9. The molecule has 0 saturated heterocycles. The zero-order valence-corrected chi connectivity index (χ0v) is 16.7. The lowest BCUT2D eigenvalue weighted by atomic mass is 10.2. The molecule has 0 aliphatic carbocycles. The van der Waals surface area contributed by atoms with Gasteiger partial charge in [0.2, 0.25) is 11.8 Å². The van der Waals surface area contributed by atoms with E-state index in [4.69, 9.17) is 0 Å². The number of nitrogens with zero attached hydrogens (tertiary/aromatic N) is 1. The third-order valence-electron chi connectivity index (χ3n) is 3.55. The highest BCUT2D eigenvalue weighted by Crippen LogP contribution is 2.13. The van der Waals surface area contributed by atoms with Crippen LogP contribution in [0.2, 0.25) is 0 Å². The first-order valence-corrected chi connectivity index (χ1v) is 9.81. The van der Waals surface area contributed by atoms with Gasteiger partial charge in [-0.25, -0.2) is 0 Å². The van der Waals surface area contributed by atoms with E-state index in [0.717, 1.165) is 21.3 Å². The Balaban J connectivity index is 1.71. The lowest BCUT2D eigenvalue weighted by Crippen LogP contribution is -2.28. The standard InChI is InChI=1S/C19H21BrN2O2S/c1-14-3-9-17(10-4-14)21-18(23)12-25-13-19(24)22(2)11-15-5-7-16(20)8-6-15/h3-10H,11-13H2,1-2H3,(H,21,23). The van der Waals surface area contributed by atoms with Crippen LogP contribution >= 0.6 is 27.7 Å². The molecule has 0 radical (unpaired) electrons.